The van der Waals surface area contributed by atoms with Gasteiger partial charge in [-0.05, 0) is 59.2 Å². The van der Waals surface area contributed by atoms with E-state index in [4.69, 9.17) is 19.4 Å². The van der Waals surface area contributed by atoms with E-state index in [1.807, 2.05) is 30.3 Å². The fraction of sp³-hybridized carbons (Fsp3) is 0. The third-order valence-corrected chi connectivity index (χ3v) is 12.4. The Morgan fingerprint density at radius 1 is 0.317 bits per heavy atom. The van der Waals surface area contributed by atoms with Gasteiger partial charge in [-0.1, -0.05) is 170 Å². The molecule has 0 aliphatic heterocycles. The Kier molecular flexibility index (Phi) is 7.80. The summed E-state index contributed by atoms with van der Waals surface area (Å²) in [6.45, 7) is 0. The molecule has 0 aliphatic rings. The fourth-order valence-corrected chi connectivity index (χ4v) is 9.45. The van der Waals surface area contributed by atoms with E-state index in [1.165, 1.54) is 10.8 Å². The van der Waals surface area contributed by atoms with Crippen molar-refractivity contribution in [3.05, 3.63) is 212 Å². The van der Waals surface area contributed by atoms with E-state index in [0.717, 1.165) is 93.8 Å². The SMILES string of the molecule is c1ccc(-c2ccc(-c3nc(-c4ccccc4)nc(-n4c5ccccc5c5cc6c7ccccc7n(-c7cc(-c8ccccc8)c8oc9ccccc9c8c7)c6cc54)n3)cc2)cc1. The number of para-hydroxylation sites is 3. The van der Waals surface area contributed by atoms with Crippen LogP contribution in [0.2, 0.25) is 0 Å². The van der Waals surface area contributed by atoms with Crippen molar-refractivity contribution in [1.82, 2.24) is 24.1 Å². The monoisotopic (exact) mass is 805 g/mol. The Labute approximate surface area is 361 Å². The first kappa shape index (κ1) is 35.2. The van der Waals surface area contributed by atoms with Crippen molar-refractivity contribution in [2.75, 3.05) is 0 Å². The highest BCUT2D eigenvalue weighted by molar-refractivity contribution is 6.19. The molecule has 0 saturated carbocycles. The molecule has 0 amide bonds. The molecule has 0 unspecified atom stereocenters. The van der Waals surface area contributed by atoms with Gasteiger partial charge in [-0.15, -0.1) is 0 Å². The number of furan rings is 1. The molecule has 0 saturated heterocycles. The van der Waals surface area contributed by atoms with Crippen LogP contribution in [-0.2, 0) is 0 Å². The zero-order valence-corrected chi connectivity index (χ0v) is 33.9. The smallest absolute Gasteiger partial charge is 0.238 e. The van der Waals surface area contributed by atoms with Crippen LogP contribution >= 0.6 is 0 Å². The molecule has 0 aliphatic carbocycles. The zero-order valence-electron chi connectivity index (χ0n) is 33.9. The molecule has 6 heteroatoms. The van der Waals surface area contributed by atoms with Gasteiger partial charge in [0.25, 0.3) is 0 Å². The maximum Gasteiger partial charge on any atom is 0.238 e. The van der Waals surface area contributed by atoms with Gasteiger partial charge >= 0.3 is 0 Å². The third-order valence-electron chi connectivity index (χ3n) is 12.4. The first-order chi connectivity index (χ1) is 31.2. The number of aromatic nitrogens is 5. The van der Waals surface area contributed by atoms with E-state index in [1.54, 1.807) is 0 Å². The van der Waals surface area contributed by atoms with Gasteiger partial charge in [-0.3, -0.25) is 4.57 Å². The molecule has 0 spiro atoms. The van der Waals surface area contributed by atoms with E-state index in [9.17, 15) is 0 Å². The molecule has 0 fully saturated rings. The van der Waals surface area contributed by atoms with Crippen molar-refractivity contribution >= 4 is 65.6 Å². The topological polar surface area (TPSA) is 61.7 Å². The number of hydrogen-bond acceptors (Lipinski definition) is 4. The molecule has 13 aromatic rings. The van der Waals surface area contributed by atoms with Crippen molar-refractivity contribution in [2.24, 2.45) is 0 Å². The minimum Gasteiger partial charge on any atom is -0.455 e. The van der Waals surface area contributed by atoms with Crippen LogP contribution in [0.4, 0.5) is 0 Å². The number of hydrogen-bond donors (Lipinski definition) is 0. The molecule has 6 nitrogen and oxygen atoms in total. The van der Waals surface area contributed by atoms with Gasteiger partial charge in [0.1, 0.15) is 11.2 Å². The van der Waals surface area contributed by atoms with Gasteiger partial charge in [0.15, 0.2) is 11.6 Å². The Bertz CT molecular complexity index is 3890. The molecule has 0 N–H and O–H groups in total. The molecule has 9 aromatic carbocycles. The summed E-state index contributed by atoms with van der Waals surface area (Å²) in [5.74, 6) is 1.77. The van der Waals surface area contributed by atoms with E-state index >= 15 is 0 Å². The highest BCUT2D eigenvalue weighted by Gasteiger charge is 2.23. The lowest BCUT2D eigenvalue weighted by atomic mass is 10.0. The van der Waals surface area contributed by atoms with Crippen molar-refractivity contribution in [3.8, 4) is 56.7 Å². The molecule has 294 valence electrons. The van der Waals surface area contributed by atoms with Crippen LogP contribution in [0.25, 0.3) is 122 Å². The molecule has 0 atom stereocenters. The summed E-state index contributed by atoms with van der Waals surface area (Å²) in [4.78, 5) is 15.7. The quantitative estimate of drug-likeness (QED) is 0.168. The van der Waals surface area contributed by atoms with Gasteiger partial charge in [0, 0.05) is 54.7 Å². The van der Waals surface area contributed by atoms with Crippen LogP contribution < -0.4 is 0 Å². The lowest BCUT2D eigenvalue weighted by molar-refractivity contribution is 0.670. The van der Waals surface area contributed by atoms with Gasteiger partial charge < -0.3 is 8.98 Å². The van der Waals surface area contributed by atoms with E-state index in [-0.39, 0.29) is 0 Å². The number of nitrogens with zero attached hydrogens (tertiary/aromatic N) is 5. The Morgan fingerprint density at radius 2 is 0.810 bits per heavy atom. The highest BCUT2D eigenvalue weighted by Crippen LogP contribution is 2.43. The average Bonchev–Trinajstić information content (AvgIpc) is 4.01. The zero-order chi connectivity index (χ0) is 41.4. The molecule has 13 rings (SSSR count). The summed E-state index contributed by atoms with van der Waals surface area (Å²) in [6, 6.07) is 74.4. The normalized spacial score (nSPS) is 11.8. The first-order valence-electron chi connectivity index (χ1n) is 21.2. The molecular weight excluding hydrogens is 771 g/mol. The second kappa shape index (κ2) is 14.0. The second-order valence-electron chi connectivity index (χ2n) is 16.0. The van der Waals surface area contributed by atoms with Gasteiger partial charge in [-0.25, -0.2) is 4.98 Å². The van der Waals surface area contributed by atoms with Gasteiger partial charge in [0.2, 0.25) is 5.95 Å². The second-order valence-corrected chi connectivity index (χ2v) is 16.0. The molecular formula is C57H35N5O. The van der Waals surface area contributed by atoms with Crippen molar-refractivity contribution in [1.29, 1.82) is 0 Å². The van der Waals surface area contributed by atoms with Crippen LogP contribution in [0, 0.1) is 0 Å². The van der Waals surface area contributed by atoms with Gasteiger partial charge in [0.05, 0.1) is 22.1 Å². The Balaban J connectivity index is 1.09. The fourth-order valence-electron chi connectivity index (χ4n) is 9.45. The predicted molar refractivity (Wildman–Crippen MR) is 258 cm³/mol. The minimum atomic E-state index is 0.553. The van der Waals surface area contributed by atoms with E-state index in [0.29, 0.717) is 17.6 Å². The summed E-state index contributed by atoms with van der Waals surface area (Å²) in [5.41, 5.74) is 13.3. The number of rotatable bonds is 6. The van der Waals surface area contributed by atoms with E-state index in [2.05, 4.69) is 191 Å². The molecule has 0 radical (unpaired) electrons. The largest absolute Gasteiger partial charge is 0.455 e. The number of fused-ring (bicyclic) bond motifs is 9. The van der Waals surface area contributed by atoms with Crippen molar-refractivity contribution in [2.45, 2.75) is 0 Å². The van der Waals surface area contributed by atoms with Crippen molar-refractivity contribution in [3.63, 3.8) is 0 Å². The third kappa shape index (κ3) is 5.62. The lowest BCUT2D eigenvalue weighted by Crippen LogP contribution is -2.06. The summed E-state index contributed by atoms with van der Waals surface area (Å²) in [6.07, 6.45) is 0. The first-order valence-corrected chi connectivity index (χ1v) is 21.2. The average molecular weight is 806 g/mol. The Morgan fingerprint density at radius 3 is 1.48 bits per heavy atom. The molecule has 0 bridgehead atoms. The summed E-state index contributed by atoms with van der Waals surface area (Å²) in [7, 11) is 0. The van der Waals surface area contributed by atoms with Crippen LogP contribution in [-0.4, -0.2) is 24.1 Å². The Hall–Kier alpha value is -8.61. The summed E-state index contributed by atoms with van der Waals surface area (Å²) in [5, 5.41) is 6.75. The molecule has 4 heterocycles. The van der Waals surface area contributed by atoms with Crippen LogP contribution in [0.1, 0.15) is 0 Å². The van der Waals surface area contributed by atoms with Crippen molar-refractivity contribution < 1.29 is 4.42 Å². The lowest BCUT2D eigenvalue weighted by Gasteiger charge is -2.13. The van der Waals surface area contributed by atoms with Crippen LogP contribution in [0.3, 0.4) is 0 Å². The standard InChI is InChI=1S/C57H35N5O/c1-4-16-36(17-5-1)37-28-30-40(31-29-37)56-58-55(39-20-8-3-9-21-39)59-57(60-56)62-50-26-14-11-23-43(50)47-34-46-42-22-10-13-25-49(42)61(51(46)35-52(47)62)41-32-45(38-18-6-2-7-19-38)54-48(33-41)44-24-12-15-27-53(44)63-54/h1-35H. The minimum absolute atomic E-state index is 0.553. The maximum absolute atomic E-state index is 6.62. The van der Waals surface area contributed by atoms with Crippen LogP contribution in [0.15, 0.2) is 217 Å². The maximum atomic E-state index is 6.62. The summed E-state index contributed by atoms with van der Waals surface area (Å²) < 4.78 is 11.2. The summed E-state index contributed by atoms with van der Waals surface area (Å²) >= 11 is 0. The predicted octanol–water partition coefficient (Wildman–Crippen LogP) is 14.6. The van der Waals surface area contributed by atoms with E-state index < -0.39 is 0 Å². The highest BCUT2D eigenvalue weighted by atomic mass is 16.3. The number of benzene rings is 9. The van der Waals surface area contributed by atoms with Crippen LogP contribution in [0.5, 0.6) is 0 Å². The molecule has 63 heavy (non-hydrogen) atoms. The van der Waals surface area contributed by atoms with Gasteiger partial charge in [-0.2, -0.15) is 9.97 Å². The molecule has 4 aromatic heterocycles.